The molecule has 5 heteroatoms. The normalized spacial score (nSPS) is 14.9. The molecule has 2 heterocycles. The number of aromatic nitrogens is 2. The average molecular weight is 320 g/mol. The van der Waals surface area contributed by atoms with Crippen molar-refractivity contribution in [2.45, 2.75) is 0 Å². The quantitative estimate of drug-likeness (QED) is 0.742. The third kappa shape index (κ3) is 2.73. The van der Waals surface area contributed by atoms with E-state index in [1.165, 1.54) is 0 Å². The summed E-state index contributed by atoms with van der Waals surface area (Å²) in [5.74, 6) is 1.75. The summed E-state index contributed by atoms with van der Waals surface area (Å²) in [7, 11) is 1.72. The second kappa shape index (κ2) is 6.35. The zero-order valence-electron chi connectivity index (χ0n) is 13.7. The molecule has 0 unspecified atom stereocenters. The Balaban J connectivity index is 1.51. The standard InChI is InChI=1S/C19H20N4O/c1-24-18-10-6-5-9-17(18)22-11-13-23(14-12-22)19-20-15-7-3-2-4-8-16(15)21-19/h2-10H,11-14H2,1H3. The van der Waals surface area contributed by atoms with Crippen molar-refractivity contribution in [1.82, 2.24) is 9.97 Å². The van der Waals surface area contributed by atoms with Crippen LogP contribution in [-0.4, -0.2) is 43.3 Å². The highest BCUT2D eigenvalue weighted by atomic mass is 16.5. The summed E-state index contributed by atoms with van der Waals surface area (Å²) in [6.07, 6.45) is 0. The number of hydrogen-bond acceptors (Lipinski definition) is 5. The van der Waals surface area contributed by atoms with Gasteiger partial charge in [-0.05, 0) is 24.3 Å². The number of imidazole rings is 1. The summed E-state index contributed by atoms with van der Waals surface area (Å²) in [6.45, 7) is 3.67. The summed E-state index contributed by atoms with van der Waals surface area (Å²) in [4.78, 5) is 14.0. The van der Waals surface area contributed by atoms with Crippen molar-refractivity contribution in [2.24, 2.45) is 0 Å². The molecule has 0 bridgehead atoms. The first-order valence-corrected chi connectivity index (χ1v) is 8.21. The van der Waals surface area contributed by atoms with Gasteiger partial charge in [0.25, 0.3) is 0 Å². The van der Waals surface area contributed by atoms with Crippen molar-refractivity contribution < 1.29 is 4.74 Å². The van der Waals surface area contributed by atoms with E-state index in [9.17, 15) is 0 Å². The van der Waals surface area contributed by atoms with Gasteiger partial charge >= 0.3 is 0 Å². The largest absolute Gasteiger partial charge is 0.495 e. The van der Waals surface area contributed by atoms with E-state index in [0.29, 0.717) is 0 Å². The highest BCUT2D eigenvalue weighted by Crippen LogP contribution is 2.29. The summed E-state index contributed by atoms with van der Waals surface area (Å²) in [6, 6.07) is 18.2. The Morgan fingerprint density at radius 1 is 0.750 bits per heavy atom. The molecule has 0 saturated carbocycles. The number of methoxy groups -OCH3 is 1. The van der Waals surface area contributed by atoms with E-state index in [-0.39, 0.29) is 0 Å². The lowest BCUT2D eigenvalue weighted by Gasteiger charge is -2.36. The lowest BCUT2D eigenvalue weighted by atomic mass is 10.2. The molecule has 5 nitrogen and oxygen atoms in total. The number of para-hydroxylation sites is 2. The predicted molar refractivity (Wildman–Crippen MR) is 96.1 cm³/mol. The van der Waals surface area contributed by atoms with Gasteiger partial charge in [-0.1, -0.05) is 30.3 Å². The Labute approximate surface area is 141 Å². The van der Waals surface area contributed by atoms with Crippen molar-refractivity contribution in [3.63, 3.8) is 0 Å². The third-order valence-corrected chi connectivity index (χ3v) is 4.42. The maximum absolute atomic E-state index is 5.48. The fraction of sp³-hybridized carbons (Fsp3) is 0.263. The number of piperazine rings is 1. The first-order chi connectivity index (χ1) is 11.8. The van der Waals surface area contributed by atoms with Gasteiger partial charge < -0.3 is 14.5 Å². The van der Waals surface area contributed by atoms with E-state index in [0.717, 1.165) is 55.0 Å². The Kier molecular flexibility index (Phi) is 3.91. The molecular formula is C19H20N4O. The third-order valence-electron chi connectivity index (χ3n) is 4.42. The van der Waals surface area contributed by atoms with Gasteiger partial charge in [0, 0.05) is 26.2 Å². The molecule has 1 fully saturated rings. The smallest absolute Gasteiger partial charge is 0.226 e. The van der Waals surface area contributed by atoms with Crippen LogP contribution in [0.15, 0.2) is 54.6 Å². The van der Waals surface area contributed by atoms with Gasteiger partial charge in [0.05, 0.1) is 24.2 Å². The lowest BCUT2D eigenvalue weighted by molar-refractivity contribution is 0.413. The minimum absolute atomic E-state index is 0.830. The van der Waals surface area contributed by atoms with Crippen LogP contribution in [0.2, 0.25) is 0 Å². The molecule has 3 aliphatic rings. The van der Waals surface area contributed by atoms with Crippen LogP contribution in [-0.2, 0) is 0 Å². The molecule has 2 aliphatic heterocycles. The van der Waals surface area contributed by atoms with E-state index in [2.05, 4.69) is 31.9 Å². The Hall–Kier alpha value is -2.82. The highest BCUT2D eigenvalue weighted by molar-refractivity contribution is 5.62. The molecule has 1 saturated heterocycles. The zero-order chi connectivity index (χ0) is 16.4. The molecule has 1 aliphatic carbocycles. The van der Waals surface area contributed by atoms with Gasteiger partial charge in [0.2, 0.25) is 5.95 Å². The molecular weight excluding hydrogens is 300 g/mol. The van der Waals surface area contributed by atoms with Crippen molar-refractivity contribution in [3.8, 4) is 17.1 Å². The SMILES string of the molecule is COc1ccccc1N1CCN(c2nc3cccccc-3n2)CC1. The molecule has 0 radical (unpaired) electrons. The van der Waals surface area contributed by atoms with Crippen LogP contribution in [0.5, 0.6) is 5.75 Å². The molecule has 0 N–H and O–H groups in total. The minimum Gasteiger partial charge on any atom is -0.495 e. The number of ether oxygens (including phenoxy) is 1. The van der Waals surface area contributed by atoms with Crippen LogP contribution in [0.25, 0.3) is 11.4 Å². The monoisotopic (exact) mass is 320 g/mol. The van der Waals surface area contributed by atoms with E-state index >= 15 is 0 Å². The van der Waals surface area contributed by atoms with Gasteiger partial charge in [0.1, 0.15) is 5.75 Å². The van der Waals surface area contributed by atoms with Gasteiger partial charge in [-0.2, -0.15) is 0 Å². The summed E-state index contributed by atoms with van der Waals surface area (Å²) >= 11 is 0. The first kappa shape index (κ1) is 14.8. The zero-order valence-corrected chi connectivity index (χ0v) is 13.7. The number of nitrogens with zero attached hydrogens (tertiary/aromatic N) is 4. The molecule has 24 heavy (non-hydrogen) atoms. The van der Waals surface area contributed by atoms with E-state index < -0.39 is 0 Å². The number of hydrogen-bond donors (Lipinski definition) is 0. The van der Waals surface area contributed by atoms with Crippen LogP contribution < -0.4 is 14.5 Å². The van der Waals surface area contributed by atoms with Crippen LogP contribution in [0, 0.1) is 0 Å². The van der Waals surface area contributed by atoms with Crippen molar-refractivity contribution in [3.05, 3.63) is 54.6 Å². The number of fused-ring (bicyclic) bond motifs is 1. The van der Waals surface area contributed by atoms with E-state index in [4.69, 9.17) is 4.74 Å². The Bertz CT molecular complexity index is 768. The lowest BCUT2D eigenvalue weighted by Crippen LogP contribution is -2.47. The van der Waals surface area contributed by atoms with Gasteiger partial charge in [-0.3, -0.25) is 0 Å². The first-order valence-electron chi connectivity index (χ1n) is 8.21. The summed E-state index contributed by atoms with van der Waals surface area (Å²) in [5.41, 5.74) is 3.05. The van der Waals surface area contributed by atoms with Crippen LogP contribution in [0.3, 0.4) is 0 Å². The van der Waals surface area contributed by atoms with Gasteiger partial charge in [-0.25, -0.2) is 9.97 Å². The maximum Gasteiger partial charge on any atom is 0.226 e. The highest BCUT2D eigenvalue weighted by Gasteiger charge is 2.22. The summed E-state index contributed by atoms with van der Waals surface area (Å²) in [5, 5.41) is 0. The van der Waals surface area contributed by atoms with Gasteiger partial charge in [0.15, 0.2) is 0 Å². The van der Waals surface area contributed by atoms with Crippen LogP contribution in [0.1, 0.15) is 0 Å². The molecule has 0 spiro atoms. The number of anilines is 2. The molecule has 1 aromatic carbocycles. The molecule has 4 rings (SSSR count). The van der Waals surface area contributed by atoms with Crippen molar-refractivity contribution in [2.75, 3.05) is 43.1 Å². The predicted octanol–water partition coefficient (Wildman–Crippen LogP) is 2.92. The second-order valence-electron chi connectivity index (χ2n) is 5.85. The summed E-state index contributed by atoms with van der Waals surface area (Å²) < 4.78 is 5.48. The van der Waals surface area contributed by atoms with Crippen molar-refractivity contribution in [1.29, 1.82) is 0 Å². The van der Waals surface area contributed by atoms with Gasteiger partial charge in [-0.15, -0.1) is 0 Å². The van der Waals surface area contributed by atoms with Crippen molar-refractivity contribution >= 4 is 11.6 Å². The molecule has 122 valence electrons. The number of rotatable bonds is 3. The molecule has 0 aromatic heterocycles. The maximum atomic E-state index is 5.48. The Morgan fingerprint density at radius 2 is 1.33 bits per heavy atom. The van der Waals surface area contributed by atoms with E-state index in [1.807, 2.05) is 42.5 Å². The van der Waals surface area contributed by atoms with Crippen LogP contribution in [0.4, 0.5) is 11.6 Å². The Morgan fingerprint density at radius 3 is 2.00 bits per heavy atom. The van der Waals surface area contributed by atoms with Crippen LogP contribution >= 0.6 is 0 Å². The topological polar surface area (TPSA) is 41.5 Å². The fourth-order valence-corrected chi connectivity index (χ4v) is 3.14. The number of benzene rings is 1. The molecule has 0 atom stereocenters. The fourth-order valence-electron chi connectivity index (χ4n) is 3.14. The average Bonchev–Trinajstić information content (AvgIpc) is 2.92. The molecule has 1 aromatic rings. The molecule has 0 amide bonds. The van der Waals surface area contributed by atoms with E-state index in [1.54, 1.807) is 7.11 Å². The minimum atomic E-state index is 0.830. The second-order valence-corrected chi connectivity index (χ2v) is 5.85.